The lowest BCUT2D eigenvalue weighted by molar-refractivity contribution is -0.143. The van der Waals surface area contributed by atoms with Crippen LogP contribution in [0.3, 0.4) is 0 Å². The summed E-state index contributed by atoms with van der Waals surface area (Å²) in [5.74, 6) is -9.07. The van der Waals surface area contributed by atoms with Crippen LogP contribution in [0.1, 0.15) is 11.1 Å². The van der Waals surface area contributed by atoms with E-state index in [-0.39, 0.29) is 0 Å². The Morgan fingerprint density at radius 2 is 1.41 bits per heavy atom. The molecule has 0 unspecified atom stereocenters. The highest BCUT2D eigenvalue weighted by Crippen LogP contribution is 2.37. The Labute approximate surface area is 91.4 Å². The van der Waals surface area contributed by atoms with Gasteiger partial charge in [0.25, 0.3) is 0 Å². The van der Waals surface area contributed by atoms with Crippen LogP contribution in [0.15, 0.2) is 12.7 Å². The van der Waals surface area contributed by atoms with E-state index in [9.17, 15) is 30.7 Å². The predicted molar refractivity (Wildman–Crippen MR) is 45.2 cm³/mol. The summed E-state index contributed by atoms with van der Waals surface area (Å²) in [4.78, 5) is 0. The molecule has 0 aliphatic heterocycles. The first-order chi connectivity index (χ1) is 7.71. The average Bonchev–Trinajstić information content (AvgIpc) is 2.19. The highest BCUT2D eigenvalue weighted by Gasteiger charge is 2.41. The summed E-state index contributed by atoms with van der Waals surface area (Å²) in [7, 11) is 0. The molecule has 0 nitrogen and oxygen atoms in total. The van der Waals surface area contributed by atoms with Gasteiger partial charge in [0.2, 0.25) is 0 Å². The van der Waals surface area contributed by atoms with Crippen molar-refractivity contribution in [3.05, 3.63) is 47.1 Å². The van der Waals surface area contributed by atoms with Crippen LogP contribution in [-0.2, 0) is 12.6 Å². The summed E-state index contributed by atoms with van der Waals surface area (Å²) in [5.41, 5.74) is -3.64. The first-order valence-corrected chi connectivity index (χ1v) is 4.24. The summed E-state index contributed by atoms with van der Waals surface area (Å²) >= 11 is 0. The van der Waals surface area contributed by atoms with Crippen molar-refractivity contribution in [3.63, 3.8) is 0 Å². The van der Waals surface area contributed by atoms with E-state index in [1.165, 1.54) is 0 Å². The third kappa shape index (κ3) is 2.27. The van der Waals surface area contributed by atoms with E-state index in [2.05, 4.69) is 6.58 Å². The van der Waals surface area contributed by atoms with Crippen LogP contribution in [0.25, 0.3) is 0 Å². The molecule has 0 N–H and O–H groups in total. The molecule has 0 aromatic heterocycles. The zero-order valence-electron chi connectivity index (χ0n) is 8.14. The van der Waals surface area contributed by atoms with Crippen LogP contribution in [-0.4, -0.2) is 0 Å². The second-order valence-electron chi connectivity index (χ2n) is 3.10. The Morgan fingerprint density at radius 1 is 0.882 bits per heavy atom. The summed E-state index contributed by atoms with van der Waals surface area (Å²) in [6, 6.07) is 0. The van der Waals surface area contributed by atoms with Gasteiger partial charge in [-0.3, -0.25) is 0 Å². The highest BCUT2D eigenvalue weighted by molar-refractivity contribution is 5.33. The van der Waals surface area contributed by atoms with Gasteiger partial charge in [0.1, 0.15) is 11.4 Å². The van der Waals surface area contributed by atoms with E-state index in [4.69, 9.17) is 0 Å². The smallest absolute Gasteiger partial charge is 0.206 e. The fourth-order valence-corrected chi connectivity index (χ4v) is 1.25. The second-order valence-corrected chi connectivity index (χ2v) is 3.10. The van der Waals surface area contributed by atoms with Crippen molar-refractivity contribution in [1.82, 2.24) is 0 Å². The minimum absolute atomic E-state index is 0.683. The Morgan fingerprint density at radius 3 is 1.82 bits per heavy atom. The minimum Gasteiger partial charge on any atom is -0.206 e. The standard InChI is InChI=1S/C10H5F7/c1-2-3-4-6(11)5(10(15,16)17)8(13)9(14)7(4)12/h2H,1,3H2. The van der Waals surface area contributed by atoms with Crippen LogP contribution in [0.2, 0.25) is 0 Å². The number of alkyl halides is 3. The van der Waals surface area contributed by atoms with Gasteiger partial charge in [0.15, 0.2) is 17.5 Å². The molecular formula is C10H5F7. The Kier molecular flexibility index (Phi) is 3.49. The molecule has 0 atom stereocenters. The molecule has 0 radical (unpaired) electrons. The molecule has 0 fully saturated rings. The maximum absolute atomic E-state index is 13.2. The number of rotatable bonds is 2. The molecule has 0 heterocycles. The third-order valence-corrected chi connectivity index (χ3v) is 1.99. The van der Waals surface area contributed by atoms with Crippen molar-refractivity contribution in [2.45, 2.75) is 12.6 Å². The second kappa shape index (κ2) is 4.38. The van der Waals surface area contributed by atoms with E-state index in [0.717, 1.165) is 6.08 Å². The topological polar surface area (TPSA) is 0 Å². The van der Waals surface area contributed by atoms with Crippen LogP contribution in [0.5, 0.6) is 0 Å². The van der Waals surface area contributed by atoms with Gasteiger partial charge in [0.05, 0.1) is 0 Å². The van der Waals surface area contributed by atoms with Crippen LogP contribution in [0, 0.1) is 23.3 Å². The molecule has 94 valence electrons. The maximum atomic E-state index is 13.2. The molecule has 0 saturated heterocycles. The van der Waals surface area contributed by atoms with Gasteiger partial charge in [-0.15, -0.1) is 6.58 Å². The number of hydrogen-bond acceptors (Lipinski definition) is 0. The molecule has 0 spiro atoms. The molecule has 1 rings (SSSR count). The summed E-state index contributed by atoms with van der Waals surface area (Å²) < 4.78 is 88.7. The summed E-state index contributed by atoms with van der Waals surface area (Å²) in [6.45, 7) is 3.05. The largest absolute Gasteiger partial charge is 0.422 e. The van der Waals surface area contributed by atoms with Crippen molar-refractivity contribution in [2.75, 3.05) is 0 Å². The SMILES string of the molecule is C=CCc1c(F)c(F)c(F)c(C(F)(F)F)c1F. The van der Waals surface area contributed by atoms with Gasteiger partial charge in [-0.05, 0) is 6.42 Å². The first kappa shape index (κ1) is 13.5. The number of benzene rings is 1. The van der Waals surface area contributed by atoms with E-state index in [1.54, 1.807) is 0 Å². The first-order valence-electron chi connectivity index (χ1n) is 4.24. The van der Waals surface area contributed by atoms with E-state index in [1.807, 2.05) is 0 Å². The van der Waals surface area contributed by atoms with Crippen LogP contribution < -0.4 is 0 Å². The average molecular weight is 258 g/mol. The molecule has 0 amide bonds. The maximum Gasteiger partial charge on any atom is 0.422 e. The van der Waals surface area contributed by atoms with Gasteiger partial charge < -0.3 is 0 Å². The van der Waals surface area contributed by atoms with Crippen molar-refractivity contribution >= 4 is 0 Å². The normalized spacial score (nSPS) is 11.7. The fourth-order valence-electron chi connectivity index (χ4n) is 1.25. The van der Waals surface area contributed by atoms with Crippen molar-refractivity contribution in [3.8, 4) is 0 Å². The molecule has 0 aliphatic rings. The molecular weight excluding hydrogens is 253 g/mol. The van der Waals surface area contributed by atoms with Crippen molar-refractivity contribution in [2.24, 2.45) is 0 Å². The highest BCUT2D eigenvalue weighted by atomic mass is 19.4. The zero-order valence-corrected chi connectivity index (χ0v) is 8.14. The number of halogens is 7. The molecule has 0 bridgehead atoms. The third-order valence-electron chi connectivity index (χ3n) is 1.99. The van der Waals surface area contributed by atoms with E-state index in [0.29, 0.717) is 0 Å². The molecule has 1 aromatic rings. The van der Waals surface area contributed by atoms with Gasteiger partial charge in [-0.1, -0.05) is 6.08 Å². The summed E-state index contributed by atoms with van der Waals surface area (Å²) in [5, 5.41) is 0. The minimum atomic E-state index is -5.45. The Bertz CT molecular complexity index is 459. The van der Waals surface area contributed by atoms with Gasteiger partial charge in [-0.2, -0.15) is 13.2 Å². The fraction of sp³-hybridized carbons (Fsp3) is 0.200. The lowest BCUT2D eigenvalue weighted by atomic mass is 10.0. The Hall–Kier alpha value is -1.53. The van der Waals surface area contributed by atoms with Gasteiger partial charge in [-0.25, -0.2) is 17.6 Å². The molecule has 7 heteroatoms. The van der Waals surface area contributed by atoms with Crippen LogP contribution >= 0.6 is 0 Å². The van der Waals surface area contributed by atoms with Crippen molar-refractivity contribution in [1.29, 1.82) is 0 Å². The predicted octanol–water partition coefficient (Wildman–Crippen LogP) is 3.99. The quantitative estimate of drug-likeness (QED) is 0.325. The van der Waals surface area contributed by atoms with Gasteiger partial charge >= 0.3 is 6.18 Å². The lowest BCUT2D eigenvalue weighted by Gasteiger charge is -2.13. The number of hydrogen-bond donors (Lipinski definition) is 0. The van der Waals surface area contributed by atoms with E-state index < -0.39 is 47.0 Å². The zero-order chi connectivity index (χ0) is 13.4. The number of allylic oxidation sites excluding steroid dienone is 1. The van der Waals surface area contributed by atoms with Crippen molar-refractivity contribution < 1.29 is 30.7 Å². The van der Waals surface area contributed by atoms with Gasteiger partial charge in [0, 0.05) is 5.56 Å². The molecule has 1 aromatic carbocycles. The lowest BCUT2D eigenvalue weighted by Crippen LogP contribution is -2.17. The molecule has 0 saturated carbocycles. The molecule has 17 heavy (non-hydrogen) atoms. The Balaban J connectivity index is 3.67. The van der Waals surface area contributed by atoms with Crippen LogP contribution in [0.4, 0.5) is 30.7 Å². The monoisotopic (exact) mass is 258 g/mol. The summed E-state index contributed by atoms with van der Waals surface area (Å²) in [6.07, 6.45) is -5.25. The van der Waals surface area contributed by atoms with E-state index >= 15 is 0 Å². The molecule has 0 aliphatic carbocycles.